The van der Waals surface area contributed by atoms with Crippen LogP contribution in [0.2, 0.25) is 0 Å². The first-order chi connectivity index (χ1) is 12.6. The smallest absolute Gasteiger partial charge is 0.203 e. The first kappa shape index (κ1) is 19.7. The highest BCUT2D eigenvalue weighted by molar-refractivity contribution is 5.54. The minimum atomic E-state index is -1.14. The lowest BCUT2D eigenvalue weighted by molar-refractivity contribution is -0.000612. The number of benzene rings is 2. The maximum atomic E-state index is 10.7. The van der Waals surface area contributed by atoms with Gasteiger partial charge in [0, 0.05) is 0 Å². The van der Waals surface area contributed by atoms with Crippen LogP contribution in [0.25, 0.3) is 0 Å². The van der Waals surface area contributed by atoms with Crippen molar-refractivity contribution in [1.82, 2.24) is 0 Å². The summed E-state index contributed by atoms with van der Waals surface area (Å²) in [6.07, 6.45) is -2.06. The monoisotopic (exact) mass is 364 g/mol. The molecule has 0 radical (unpaired) electrons. The molecule has 0 aliphatic carbocycles. The normalized spacial score (nSPS) is 12.8. The highest BCUT2D eigenvalue weighted by Gasteiger charge is 2.26. The molecule has 7 heteroatoms. The van der Waals surface area contributed by atoms with Crippen LogP contribution in [-0.4, -0.2) is 51.4 Å². The van der Waals surface area contributed by atoms with Crippen molar-refractivity contribution >= 4 is 0 Å². The fraction of sp³-hybridized carbons (Fsp3) is 0.368. The standard InChI is InChI=1S/C19H24O7/c1-22-13-7-5-6-8-14(13)26-17(11-20)18(21)12-9-15(23-2)19(25-4)16(10-12)24-3/h5-10,17-18,20-21H,11H2,1-4H3/t17-,18-/m0/s1. The Morgan fingerprint density at radius 3 is 1.81 bits per heavy atom. The molecule has 0 bridgehead atoms. The summed E-state index contributed by atoms with van der Waals surface area (Å²) in [7, 11) is 5.99. The van der Waals surface area contributed by atoms with E-state index in [1.165, 1.54) is 28.4 Å². The molecule has 7 nitrogen and oxygen atoms in total. The molecular weight excluding hydrogens is 340 g/mol. The molecule has 2 atom stereocenters. The Morgan fingerprint density at radius 2 is 1.35 bits per heavy atom. The summed E-state index contributed by atoms with van der Waals surface area (Å²) in [6.45, 7) is -0.407. The zero-order chi connectivity index (χ0) is 19.1. The predicted octanol–water partition coefficient (Wildman–Crippen LogP) is 2.19. The van der Waals surface area contributed by atoms with Crippen molar-refractivity contribution in [2.24, 2.45) is 0 Å². The number of rotatable bonds is 9. The van der Waals surface area contributed by atoms with E-state index in [2.05, 4.69) is 0 Å². The molecule has 2 rings (SSSR count). The third kappa shape index (κ3) is 4.12. The van der Waals surface area contributed by atoms with Gasteiger partial charge in [0.05, 0.1) is 35.0 Å². The van der Waals surface area contributed by atoms with Gasteiger partial charge in [-0.05, 0) is 29.8 Å². The fourth-order valence-electron chi connectivity index (χ4n) is 2.57. The zero-order valence-corrected chi connectivity index (χ0v) is 15.3. The van der Waals surface area contributed by atoms with Crippen molar-refractivity contribution in [2.75, 3.05) is 35.0 Å². The molecule has 0 amide bonds. The van der Waals surface area contributed by atoms with E-state index in [-0.39, 0.29) is 0 Å². The van der Waals surface area contributed by atoms with E-state index in [1.807, 2.05) is 0 Å². The Kier molecular flexibility index (Phi) is 6.94. The third-order valence-corrected chi connectivity index (χ3v) is 3.91. The van der Waals surface area contributed by atoms with Gasteiger partial charge in [0.2, 0.25) is 5.75 Å². The van der Waals surface area contributed by atoms with Crippen LogP contribution in [0.5, 0.6) is 28.7 Å². The van der Waals surface area contributed by atoms with Crippen molar-refractivity contribution < 1.29 is 33.9 Å². The lowest BCUT2D eigenvalue weighted by atomic mass is 10.0. The molecule has 2 aromatic rings. The minimum absolute atomic E-state index is 0.398. The van der Waals surface area contributed by atoms with E-state index in [4.69, 9.17) is 23.7 Å². The number of aliphatic hydroxyl groups excluding tert-OH is 2. The van der Waals surface area contributed by atoms with Crippen LogP contribution in [0.15, 0.2) is 36.4 Å². The Bertz CT molecular complexity index is 692. The molecule has 0 spiro atoms. The van der Waals surface area contributed by atoms with Gasteiger partial charge in [0.15, 0.2) is 29.1 Å². The van der Waals surface area contributed by atoms with Crippen molar-refractivity contribution in [1.29, 1.82) is 0 Å². The van der Waals surface area contributed by atoms with Gasteiger partial charge in [-0.2, -0.15) is 0 Å². The van der Waals surface area contributed by atoms with Gasteiger partial charge in [-0.3, -0.25) is 0 Å². The summed E-state index contributed by atoms with van der Waals surface area (Å²) < 4.78 is 26.9. The van der Waals surface area contributed by atoms with E-state index in [1.54, 1.807) is 36.4 Å². The highest BCUT2D eigenvalue weighted by Crippen LogP contribution is 2.40. The third-order valence-electron chi connectivity index (χ3n) is 3.91. The Morgan fingerprint density at radius 1 is 0.808 bits per heavy atom. The minimum Gasteiger partial charge on any atom is -0.493 e. The van der Waals surface area contributed by atoms with Crippen molar-refractivity contribution in [3.63, 3.8) is 0 Å². The summed E-state index contributed by atoms with van der Waals surface area (Å²) in [4.78, 5) is 0. The van der Waals surface area contributed by atoms with Crippen LogP contribution in [0.4, 0.5) is 0 Å². The van der Waals surface area contributed by atoms with Gasteiger partial charge in [-0.25, -0.2) is 0 Å². The number of methoxy groups -OCH3 is 4. The van der Waals surface area contributed by atoms with E-state index >= 15 is 0 Å². The number of para-hydroxylation sites is 2. The van der Waals surface area contributed by atoms with Crippen LogP contribution in [-0.2, 0) is 0 Å². The molecule has 0 saturated carbocycles. The van der Waals surface area contributed by atoms with Crippen molar-refractivity contribution in [3.05, 3.63) is 42.0 Å². The molecule has 2 aromatic carbocycles. The van der Waals surface area contributed by atoms with E-state index in [0.717, 1.165) is 0 Å². The topological polar surface area (TPSA) is 86.6 Å². The zero-order valence-electron chi connectivity index (χ0n) is 15.3. The van der Waals surface area contributed by atoms with E-state index in [9.17, 15) is 10.2 Å². The summed E-state index contributed by atoms with van der Waals surface area (Å²) in [6, 6.07) is 10.2. The second-order valence-corrected chi connectivity index (χ2v) is 5.39. The van der Waals surface area contributed by atoms with Gasteiger partial charge in [-0.15, -0.1) is 0 Å². The first-order valence-electron chi connectivity index (χ1n) is 7.98. The summed E-state index contributed by atoms with van der Waals surface area (Å²) in [5.41, 5.74) is 0.452. The summed E-state index contributed by atoms with van der Waals surface area (Å²) in [5, 5.41) is 20.5. The summed E-state index contributed by atoms with van der Waals surface area (Å²) >= 11 is 0. The second-order valence-electron chi connectivity index (χ2n) is 5.39. The number of ether oxygens (including phenoxy) is 5. The van der Waals surface area contributed by atoms with Gasteiger partial charge in [0.1, 0.15) is 6.10 Å². The van der Waals surface area contributed by atoms with E-state index in [0.29, 0.717) is 34.3 Å². The van der Waals surface area contributed by atoms with Crippen LogP contribution in [0.3, 0.4) is 0 Å². The SMILES string of the molecule is COc1ccccc1O[C@@H](CO)[C@@H](O)c1cc(OC)c(OC)c(OC)c1. The molecule has 0 aromatic heterocycles. The van der Waals surface area contributed by atoms with Crippen molar-refractivity contribution in [3.8, 4) is 28.7 Å². The van der Waals surface area contributed by atoms with Gasteiger partial charge in [-0.1, -0.05) is 12.1 Å². The molecule has 26 heavy (non-hydrogen) atoms. The molecule has 0 aliphatic rings. The molecule has 0 unspecified atom stereocenters. The van der Waals surface area contributed by atoms with Crippen LogP contribution in [0, 0.1) is 0 Å². The lowest BCUT2D eigenvalue weighted by Gasteiger charge is -2.24. The predicted molar refractivity (Wildman–Crippen MR) is 95.6 cm³/mol. The van der Waals surface area contributed by atoms with Crippen LogP contribution >= 0.6 is 0 Å². The molecule has 142 valence electrons. The summed E-state index contributed by atoms with van der Waals surface area (Å²) in [5.74, 6) is 2.13. The largest absolute Gasteiger partial charge is 0.493 e. The molecular formula is C19H24O7. The van der Waals surface area contributed by atoms with Crippen LogP contribution < -0.4 is 23.7 Å². The van der Waals surface area contributed by atoms with E-state index < -0.39 is 18.8 Å². The molecule has 0 heterocycles. The Balaban J connectivity index is 2.34. The molecule has 2 N–H and O–H groups in total. The second kappa shape index (κ2) is 9.17. The first-order valence-corrected chi connectivity index (χ1v) is 7.98. The number of aliphatic hydroxyl groups is 2. The maximum Gasteiger partial charge on any atom is 0.203 e. The average molecular weight is 364 g/mol. The molecule has 0 fully saturated rings. The van der Waals surface area contributed by atoms with Crippen LogP contribution in [0.1, 0.15) is 11.7 Å². The lowest BCUT2D eigenvalue weighted by Crippen LogP contribution is -2.29. The average Bonchev–Trinajstić information content (AvgIpc) is 2.70. The van der Waals surface area contributed by atoms with Gasteiger partial charge < -0.3 is 33.9 Å². The number of hydrogen-bond acceptors (Lipinski definition) is 7. The van der Waals surface area contributed by atoms with Gasteiger partial charge in [0.25, 0.3) is 0 Å². The van der Waals surface area contributed by atoms with Crippen molar-refractivity contribution in [2.45, 2.75) is 12.2 Å². The highest BCUT2D eigenvalue weighted by atomic mass is 16.5. The fourth-order valence-corrected chi connectivity index (χ4v) is 2.57. The Labute approximate surface area is 152 Å². The molecule has 0 aliphatic heterocycles. The maximum absolute atomic E-state index is 10.7. The van der Waals surface area contributed by atoms with Gasteiger partial charge >= 0.3 is 0 Å². The Hall–Kier alpha value is -2.64. The molecule has 0 saturated heterocycles. The number of hydrogen-bond donors (Lipinski definition) is 2. The quantitative estimate of drug-likeness (QED) is 0.705.